The Kier molecular flexibility index (Phi) is 3.58. The van der Waals surface area contributed by atoms with E-state index in [1.54, 1.807) is 30.3 Å². The smallest absolute Gasteiger partial charge is 0.261 e. The van der Waals surface area contributed by atoms with Gasteiger partial charge in [0.2, 0.25) is 0 Å². The number of aryl methyl sites for hydroxylation is 1. The molecule has 1 aromatic carbocycles. The van der Waals surface area contributed by atoms with Gasteiger partial charge in [-0.1, -0.05) is 12.1 Å². The Balaban J connectivity index is 1.76. The van der Waals surface area contributed by atoms with Crippen LogP contribution in [0.25, 0.3) is 0 Å². The molecular weight excluding hydrogens is 268 g/mol. The van der Waals surface area contributed by atoms with E-state index in [0.29, 0.717) is 23.4 Å². The Hall–Kier alpha value is -2.40. The van der Waals surface area contributed by atoms with Gasteiger partial charge in [0.05, 0.1) is 17.7 Å². The maximum absolute atomic E-state index is 12.2. The van der Waals surface area contributed by atoms with E-state index >= 15 is 0 Å². The number of imide groups is 1. The number of benzene rings is 1. The predicted octanol–water partition coefficient (Wildman–Crippen LogP) is 1.97. The van der Waals surface area contributed by atoms with Crippen LogP contribution < -0.4 is 5.73 Å². The van der Waals surface area contributed by atoms with Crippen LogP contribution in [0.2, 0.25) is 0 Å². The fraction of sp³-hybridized carbons (Fsp3) is 0.250. The second kappa shape index (κ2) is 5.54. The molecule has 2 amide bonds. The third kappa shape index (κ3) is 2.48. The summed E-state index contributed by atoms with van der Waals surface area (Å²) >= 11 is 0. The van der Waals surface area contributed by atoms with Crippen LogP contribution in [0.4, 0.5) is 0 Å². The van der Waals surface area contributed by atoms with E-state index < -0.39 is 0 Å². The summed E-state index contributed by atoms with van der Waals surface area (Å²) in [6.07, 6.45) is 1.61. The van der Waals surface area contributed by atoms with Crippen LogP contribution in [0.3, 0.4) is 0 Å². The maximum Gasteiger partial charge on any atom is 0.261 e. The summed E-state index contributed by atoms with van der Waals surface area (Å²) in [5, 5.41) is 0. The van der Waals surface area contributed by atoms with Crippen molar-refractivity contribution in [1.82, 2.24) is 4.90 Å². The van der Waals surface area contributed by atoms with E-state index in [1.807, 2.05) is 6.07 Å². The van der Waals surface area contributed by atoms with Crippen LogP contribution in [0.5, 0.6) is 0 Å². The van der Waals surface area contributed by atoms with Crippen molar-refractivity contribution in [3.05, 3.63) is 59.0 Å². The van der Waals surface area contributed by atoms with Gasteiger partial charge < -0.3 is 10.2 Å². The largest absolute Gasteiger partial charge is 0.464 e. The van der Waals surface area contributed by atoms with Crippen molar-refractivity contribution in [2.24, 2.45) is 5.73 Å². The molecule has 0 saturated carbocycles. The number of hydrogen-bond acceptors (Lipinski definition) is 4. The van der Waals surface area contributed by atoms with Gasteiger partial charge in [0.25, 0.3) is 11.8 Å². The number of nitrogens with two attached hydrogens (primary N) is 1. The molecule has 108 valence electrons. The Labute approximate surface area is 122 Å². The third-order valence-corrected chi connectivity index (χ3v) is 3.54. The summed E-state index contributed by atoms with van der Waals surface area (Å²) < 4.78 is 5.64. The Morgan fingerprint density at radius 2 is 1.57 bits per heavy atom. The highest BCUT2D eigenvalue weighted by Gasteiger charge is 2.35. The molecule has 0 spiro atoms. The van der Waals surface area contributed by atoms with Crippen LogP contribution in [0.1, 0.15) is 38.7 Å². The lowest BCUT2D eigenvalue weighted by Gasteiger charge is -2.11. The zero-order valence-corrected chi connectivity index (χ0v) is 11.5. The highest BCUT2D eigenvalue weighted by atomic mass is 16.3. The lowest BCUT2D eigenvalue weighted by Crippen LogP contribution is -2.28. The highest BCUT2D eigenvalue weighted by molar-refractivity contribution is 6.21. The topological polar surface area (TPSA) is 76.5 Å². The first-order valence-electron chi connectivity index (χ1n) is 6.93. The molecule has 0 unspecified atom stereocenters. The molecule has 2 heterocycles. The molecule has 3 rings (SSSR count). The van der Waals surface area contributed by atoms with Crippen molar-refractivity contribution in [2.45, 2.75) is 19.4 Å². The van der Waals surface area contributed by atoms with E-state index in [4.69, 9.17) is 10.2 Å². The molecule has 0 atom stereocenters. The zero-order valence-electron chi connectivity index (χ0n) is 11.5. The van der Waals surface area contributed by atoms with Crippen LogP contribution in [-0.2, 0) is 13.0 Å². The molecule has 0 aliphatic carbocycles. The second-order valence-electron chi connectivity index (χ2n) is 5.00. The van der Waals surface area contributed by atoms with Crippen molar-refractivity contribution >= 4 is 11.8 Å². The SMILES string of the molecule is NCCCc1ccc(CN2C(=O)c3ccccc3C2=O)o1. The van der Waals surface area contributed by atoms with Crippen LogP contribution in [0.15, 0.2) is 40.8 Å². The molecule has 0 saturated heterocycles. The molecule has 0 bridgehead atoms. The van der Waals surface area contributed by atoms with Crippen molar-refractivity contribution in [1.29, 1.82) is 0 Å². The third-order valence-electron chi connectivity index (χ3n) is 3.54. The summed E-state index contributed by atoms with van der Waals surface area (Å²) in [6.45, 7) is 0.767. The average Bonchev–Trinajstić information content (AvgIpc) is 3.05. The van der Waals surface area contributed by atoms with Gasteiger partial charge in [-0.3, -0.25) is 14.5 Å². The Morgan fingerprint density at radius 1 is 0.952 bits per heavy atom. The molecule has 5 heteroatoms. The van der Waals surface area contributed by atoms with Crippen LogP contribution >= 0.6 is 0 Å². The van der Waals surface area contributed by atoms with Gasteiger partial charge >= 0.3 is 0 Å². The number of fused-ring (bicyclic) bond motifs is 1. The first-order valence-corrected chi connectivity index (χ1v) is 6.93. The number of carbonyl (C=O) groups is 2. The average molecular weight is 284 g/mol. The van der Waals surface area contributed by atoms with Crippen molar-refractivity contribution in [3.63, 3.8) is 0 Å². The summed E-state index contributed by atoms with van der Waals surface area (Å²) in [4.78, 5) is 25.7. The Morgan fingerprint density at radius 3 is 2.19 bits per heavy atom. The first kappa shape index (κ1) is 13.6. The zero-order chi connectivity index (χ0) is 14.8. The molecule has 1 aliphatic rings. The van der Waals surface area contributed by atoms with E-state index in [-0.39, 0.29) is 18.4 Å². The summed E-state index contributed by atoms with van der Waals surface area (Å²) in [6, 6.07) is 10.5. The molecule has 0 fully saturated rings. The minimum absolute atomic E-state index is 0.162. The number of nitrogens with zero attached hydrogens (tertiary/aromatic N) is 1. The van der Waals surface area contributed by atoms with Gasteiger partial charge in [0.1, 0.15) is 11.5 Å². The summed E-state index contributed by atoms with van der Waals surface area (Å²) in [5.41, 5.74) is 6.37. The number of furan rings is 1. The molecule has 5 nitrogen and oxygen atoms in total. The van der Waals surface area contributed by atoms with Gasteiger partial charge in [0, 0.05) is 6.42 Å². The van der Waals surface area contributed by atoms with Gasteiger partial charge in [-0.15, -0.1) is 0 Å². The molecule has 2 N–H and O–H groups in total. The van der Waals surface area contributed by atoms with E-state index in [1.165, 1.54) is 4.90 Å². The standard InChI is InChI=1S/C16H16N2O3/c17-9-3-4-11-7-8-12(21-11)10-18-15(19)13-5-1-2-6-14(13)16(18)20/h1-2,5-8H,3-4,9-10,17H2. The lowest BCUT2D eigenvalue weighted by atomic mass is 10.1. The number of hydrogen-bond donors (Lipinski definition) is 1. The van der Waals surface area contributed by atoms with E-state index in [0.717, 1.165) is 18.6 Å². The van der Waals surface area contributed by atoms with Crippen LogP contribution in [-0.4, -0.2) is 23.3 Å². The number of rotatable bonds is 5. The fourth-order valence-electron chi connectivity index (χ4n) is 2.46. The van der Waals surface area contributed by atoms with Crippen molar-refractivity contribution in [3.8, 4) is 0 Å². The van der Waals surface area contributed by atoms with Gasteiger partial charge in [-0.05, 0) is 37.2 Å². The molecule has 21 heavy (non-hydrogen) atoms. The maximum atomic E-state index is 12.2. The van der Waals surface area contributed by atoms with E-state index in [2.05, 4.69) is 0 Å². The summed E-state index contributed by atoms with van der Waals surface area (Å²) in [5.74, 6) is 0.898. The van der Waals surface area contributed by atoms with Crippen LogP contribution in [0, 0.1) is 0 Å². The molecule has 1 aromatic heterocycles. The van der Waals surface area contributed by atoms with E-state index in [9.17, 15) is 9.59 Å². The van der Waals surface area contributed by atoms with Crippen molar-refractivity contribution < 1.29 is 14.0 Å². The predicted molar refractivity (Wildman–Crippen MR) is 76.7 cm³/mol. The Bertz CT molecular complexity index is 655. The quantitative estimate of drug-likeness (QED) is 0.852. The normalized spacial score (nSPS) is 13.9. The minimum Gasteiger partial charge on any atom is -0.464 e. The summed E-state index contributed by atoms with van der Waals surface area (Å²) in [7, 11) is 0. The number of carbonyl (C=O) groups excluding carboxylic acids is 2. The van der Waals surface area contributed by atoms with Crippen molar-refractivity contribution in [2.75, 3.05) is 6.54 Å². The first-order chi connectivity index (χ1) is 10.2. The minimum atomic E-state index is -0.268. The fourth-order valence-corrected chi connectivity index (χ4v) is 2.46. The number of amides is 2. The van der Waals surface area contributed by atoms with Gasteiger partial charge in [-0.25, -0.2) is 0 Å². The lowest BCUT2D eigenvalue weighted by molar-refractivity contribution is 0.0631. The molecule has 0 radical (unpaired) electrons. The van der Waals surface area contributed by atoms with Gasteiger partial charge in [-0.2, -0.15) is 0 Å². The molecule has 2 aromatic rings. The monoisotopic (exact) mass is 284 g/mol. The van der Waals surface area contributed by atoms with Gasteiger partial charge in [0.15, 0.2) is 0 Å². The molecule has 1 aliphatic heterocycles. The molecular formula is C16H16N2O3. The second-order valence-corrected chi connectivity index (χ2v) is 5.00. The highest BCUT2D eigenvalue weighted by Crippen LogP contribution is 2.24.